The smallest absolute Gasteiger partial charge is 0.410 e. The van der Waals surface area contributed by atoms with Crippen molar-refractivity contribution in [3.8, 4) is 0 Å². The van der Waals surface area contributed by atoms with Crippen LogP contribution in [0.4, 0.5) is 4.79 Å². The molecular weight excluding hydrogens is 300 g/mol. The molecule has 7 heteroatoms. The van der Waals surface area contributed by atoms with Crippen LogP contribution in [0.25, 0.3) is 0 Å². The highest BCUT2D eigenvalue weighted by Crippen LogP contribution is 2.23. The van der Waals surface area contributed by atoms with Crippen molar-refractivity contribution in [3.63, 3.8) is 0 Å². The SMILES string of the molecule is CC(C)(C)OC(=O)N1CCCN(C(C(=O)O)c2ccco2)CC1. The molecule has 0 bridgehead atoms. The lowest BCUT2D eigenvalue weighted by atomic mass is 10.2. The minimum atomic E-state index is -0.953. The molecule has 2 rings (SSSR count). The molecule has 23 heavy (non-hydrogen) atoms. The van der Waals surface area contributed by atoms with Crippen LogP contribution in [0.1, 0.15) is 39.0 Å². The normalized spacial score (nSPS) is 18.3. The van der Waals surface area contributed by atoms with E-state index in [2.05, 4.69) is 0 Å². The van der Waals surface area contributed by atoms with Crippen LogP contribution in [0, 0.1) is 0 Å². The predicted octanol–water partition coefficient (Wildman–Crippen LogP) is 2.35. The number of carboxylic acid groups (broad SMARTS) is 1. The predicted molar refractivity (Wildman–Crippen MR) is 83.1 cm³/mol. The second-order valence-electron chi connectivity index (χ2n) is 6.61. The van der Waals surface area contributed by atoms with Crippen molar-refractivity contribution >= 4 is 12.1 Å². The molecule has 0 spiro atoms. The fourth-order valence-corrected chi connectivity index (χ4v) is 2.61. The number of nitrogens with zero attached hydrogens (tertiary/aromatic N) is 2. The van der Waals surface area contributed by atoms with E-state index in [1.807, 2.05) is 25.7 Å². The van der Waals surface area contributed by atoms with Crippen LogP contribution < -0.4 is 0 Å². The number of hydrogen-bond donors (Lipinski definition) is 1. The van der Waals surface area contributed by atoms with Crippen molar-refractivity contribution in [2.45, 2.75) is 38.8 Å². The maximum atomic E-state index is 12.2. The zero-order valence-electron chi connectivity index (χ0n) is 13.8. The number of aliphatic carboxylic acids is 1. The maximum Gasteiger partial charge on any atom is 0.410 e. The van der Waals surface area contributed by atoms with Crippen LogP contribution in [0.15, 0.2) is 22.8 Å². The molecule has 0 saturated carbocycles. The summed E-state index contributed by atoms with van der Waals surface area (Å²) in [4.78, 5) is 27.2. The van der Waals surface area contributed by atoms with E-state index >= 15 is 0 Å². The Morgan fingerprint density at radius 1 is 1.26 bits per heavy atom. The number of hydrogen-bond acceptors (Lipinski definition) is 5. The van der Waals surface area contributed by atoms with Gasteiger partial charge in [0.1, 0.15) is 11.4 Å². The van der Waals surface area contributed by atoms with Crippen LogP contribution in [0.5, 0.6) is 0 Å². The molecule has 1 amide bonds. The Morgan fingerprint density at radius 2 is 2.00 bits per heavy atom. The first kappa shape index (κ1) is 17.3. The molecule has 1 unspecified atom stereocenters. The van der Waals surface area contributed by atoms with E-state index < -0.39 is 17.6 Å². The molecule has 1 fully saturated rings. The number of furan rings is 1. The third kappa shape index (κ3) is 4.72. The summed E-state index contributed by atoms with van der Waals surface area (Å²) in [6.07, 6.45) is 1.80. The van der Waals surface area contributed by atoms with Crippen molar-refractivity contribution in [2.24, 2.45) is 0 Å². The Morgan fingerprint density at radius 3 is 2.57 bits per heavy atom. The van der Waals surface area contributed by atoms with E-state index in [9.17, 15) is 14.7 Å². The first-order valence-corrected chi connectivity index (χ1v) is 7.76. The highest BCUT2D eigenvalue weighted by atomic mass is 16.6. The Hall–Kier alpha value is -2.02. The number of carbonyl (C=O) groups excluding carboxylic acids is 1. The summed E-state index contributed by atoms with van der Waals surface area (Å²) in [5.74, 6) is -0.547. The van der Waals surface area contributed by atoms with Gasteiger partial charge in [-0.05, 0) is 39.3 Å². The van der Waals surface area contributed by atoms with E-state index in [1.165, 1.54) is 6.26 Å². The number of carboxylic acids is 1. The summed E-state index contributed by atoms with van der Waals surface area (Å²) in [5.41, 5.74) is -0.541. The molecule has 2 heterocycles. The van der Waals surface area contributed by atoms with Crippen molar-refractivity contribution in [2.75, 3.05) is 26.2 Å². The molecule has 128 valence electrons. The van der Waals surface area contributed by atoms with Gasteiger partial charge in [-0.15, -0.1) is 0 Å². The zero-order chi connectivity index (χ0) is 17.0. The number of amides is 1. The average Bonchev–Trinajstić information content (AvgIpc) is 2.81. The van der Waals surface area contributed by atoms with Gasteiger partial charge in [0.25, 0.3) is 0 Å². The van der Waals surface area contributed by atoms with Crippen molar-refractivity contribution in [1.29, 1.82) is 0 Å². The minimum Gasteiger partial charge on any atom is -0.480 e. The first-order chi connectivity index (χ1) is 10.8. The second-order valence-corrected chi connectivity index (χ2v) is 6.61. The van der Waals surface area contributed by atoms with Crippen molar-refractivity contribution in [1.82, 2.24) is 9.80 Å². The Kier molecular flexibility index (Phi) is 5.30. The zero-order valence-corrected chi connectivity index (χ0v) is 13.8. The van der Waals surface area contributed by atoms with Gasteiger partial charge >= 0.3 is 12.1 Å². The number of rotatable bonds is 3. The molecule has 1 aliphatic heterocycles. The third-order valence-electron chi connectivity index (χ3n) is 3.59. The molecular formula is C16H24N2O5. The van der Waals surface area contributed by atoms with Crippen LogP contribution in [-0.2, 0) is 9.53 Å². The summed E-state index contributed by atoms with van der Waals surface area (Å²) >= 11 is 0. The number of ether oxygens (including phenoxy) is 1. The van der Waals surface area contributed by atoms with Crippen LogP contribution in [0.3, 0.4) is 0 Å². The lowest BCUT2D eigenvalue weighted by Gasteiger charge is -2.27. The monoisotopic (exact) mass is 324 g/mol. The lowest BCUT2D eigenvalue weighted by molar-refractivity contribution is -0.144. The minimum absolute atomic E-state index is 0.357. The fourth-order valence-electron chi connectivity index (χ4n) is 2.61. The maximum absolute atomic E-state index is 12.2. The van der Waals surface area contributed by atoms with E-state index in [0.717, 1.165) is 0 Å². The van der Waals surface area contributed by atoms with Crippen molar-refractivity contribution in [3.05, 3.63) is 24.2 Å². The Bertz CT molecular complexity index is 535. The van der Waals surface area contributed by atoms with Gasteiger partial charge in [0.2, 0.25) is 0 Å². The van der Waals surface area contributed by atoms with Gasteiger partial charge in [0, 0.05) is 26.2 Å². The molecule has 0 aromatic carbocycles. The topological polar surface area (TPSA) is 83.2 Å². The molecule has 1 aromatic heterocycles. The first-order valence-electron chi connectivity index (χ1n) is 7.76. The second kappa shape index (κ2) is 7.04. The van der Waals surface area contributed by atoms with Gasteiger partial charge in [-0.2, -0.15) is 0 Å². The van der Waals surface area contributed by atoms with Gasteiger partial charge in [-0.3, -0.25) is 9.69 Å². The molecule has 0 radical (unpaired) electrons. The molecule has 0 aliphatic carbocycles. The van der Waals surface area contributed by atoms with Gasteiger partial charge in [0.15, 0.2) is 6.04 Å². The molecule has 1 aliphatic rings. The van der Waals surface area contributed by atoms with Gasteiger partial charge < -0.3 is 19.2 Å². The summed E-state index contributed by atoms with van der Waals surface area (Å²) < 4.78 is 10.6. The van der Waals surface area contributed by atoms with Gasteiger partial charge in [-0.25, -0.2) is 4.79 Å². The summed E-state index contributed by atoms with van der Waals surface area (Å²) in [5, 5.41) is 9.51. The molecule has 1 saturated heterocycles. The fraction of sp³-hybridized carbons (Fsp3) is 0.625. The summed E-state index contributed by atoms with van der Waals surface area (Å²) in [6.45, 7) is 7.49. The summed E-state index contributed by atoms with van der Waals surface area (Å²) in [7, 11) is 0. The lowest BCUT2D eigenvalue weighted by Crippen LogP contribution is -2.40. The largest absolute Gasteiger partial charge is 0.480 e. The molecule has 1 atom stereocenters. The average molecular weight is 324 g/mol. The highest BCUT2D eigenvalue weighted by molar-refractivity contribution is 5.74. The Labute approximate surface area is 135 Å². The summed E-state index contributed by atoms with van der Waals surface area (Å²) in [6, 6.07) is 2.51. The third-order valence-corrected chi connectivity index (χ3v) is 3.59. The van der Waals surface area contributed by atoms with Crippen LogP contribution in [0.2, 0.25) is 0 Å². The highest BCUT2D eigenvalue weighted by Gasteiger charge is 2.32. The van der Waals surface area contributed by atoms with Crippen LogP contribution >= 0.6 is 0 Å². The van der Waals surface area contributed by atoms with Crippen molar-refractivity contribution < 1.29 is 23.8 Å². The van der Waals surface area contributed by atoms with Gasteiger partial charge in [0.05, 0.1) is 6.26 Å². The molecule has 1 N–H and O–H groups in total. The van der Waals surface area contributed by atoms with Gasteiger partial charge in [-0.1, -0.05) is 0 Å². The van der Waals surface area contributed by atoms with E-state index in [-0.39, 0.29) is 6.09 Å². The van der Waals surface area contributed by atoms with E-state index in [4.69, 9.17) is 9.15 Å². The molecule has 1 aromatic rings. The number of carbonyl (C=O) groups is 2. The molecule has 7 nitrogen and oxygen atoms in total. The van der Waals surface area contributed by atoms with E-state index in [0.29, 0.717) is 38.4 Å². The van der Waals surface area contributed by atoms with Crippen LogP contribution in [-0.4, -0.2) is 58.7 Å². The van der Waals surface area contributed by atoms with E-state index in [1.54, 1.807) is 17.0 Å². The standard InChI is InChI=1S/C16H24N2O5/c1-16(2,3)23-15(21)18-8-5-7-17(9-10-18)13(14(19)20)12-6-4-11-22-12/h4,6,11,13H,5,7-10H2,1-3H3,(H,19,20). The quantitative estimate of drug-likeness (QED) is 0.919. The Balaban J connectivity index is 2.02.